The van der Waals surface area contributed by atoms with Gasteiger partial charge in [0.1, 0.15) is 17.6 Å². The number of thiophene rings is 1. The summed E-state index contributed by atoms with van der Waals surface area (Å²) < 4.78 is 0. The molecule has 2 rings (SSSR count). The van der Waals surface area contributed by atoms with Gasteiger partial charge in [0.25, 0.3) is 0 Å². The first-order valence-electron chi connectivity index (χ1n) is 5.47. The first-order chi connectivity index (χ1) is 8.69. The normalized spacial score (nSPS) is 10.0. The molecule has 0 bridgehead atoms. The van der Waals surface area contributed by atoms with Crippen molar-refractivity contribution in [2.24, 2.45) is 0 Å². The van der Waals surface area contributed by atoms with Crippen LogP contribution < -0.4 is 11.0 Å². The van der Waals surface area contributed by atoms with Gasteiger partial charge in [-0.3, -0.25) is 4.98 Å². The summed E-state index contributed by atoms with van der Waals surface area (Å²) >= 11 is 1.71. The van der Waals surface area contributed by atoms with E-state index >= 15 is 0 Å². The zero-order valence-corrected chi connectivity index (χ0v) is 10.7. The van der Waals surface area contributed by atoms with Crippen molar-refractivity contribution < 1.29 is 0 Å². The van der Waals surface area contributed by atoms with Crippen LogP contribution in [0.15, 0.2) is 22.3 Å². The van der Waals surface area contributed by atoms with Gasteiger partial charge in [0.05, 0.1) is 0 Å². The summed E-state index contributed by atoms with van der Waals surface area (Å²) in [6.45, 7) is 2.76. The highest BCUT2D eigenvalue weighted by molar-refractivity contribution is 7.10. The van der Waals surface area contributed by atoms with Crippen LogP contribution in [0.25, 0.3) is 0 Å². The zero-order valence-electron chi connectivity index (χ0n) is 9.86. The summed E-state index contributed by atoms with van der Waals surface area (Å²) in [6.07, 6.45) is 0.875. The quantitative estimate of drug-likeness (QED) is 0.876. The maximum absolute atomic E-state index is 11.2. The van der Waals surface area contributed by atoms with Gasteiger partial charge in [0, 0.05) is 17.5 Å². The predicted molar refractivity (Wildman–Crippen MR) is 70.8 cm³/mol. The van der Waals surface area contributed by atoms with Crippen molar-refractivity contribution >= 4 is 17.2 Å². The Labute approximate surface area is 108 Å². The molecule has 2 aromatic rings. The Morgan fingerprint density at radius 1 is 1.61 bits per heavy atom. The summed E-state index contributed by atoms with van der Waals surface area (Å²) in [7, 11) is 0. The van der Waals surface area contributed by atoms with Crippen LogP contribution in [0.1, 0.15) is 16.1 Å². The fourth-order valence-electron chi connectivity index (χ4n) is 1.57. The van der Waals surface area contributed by atoms with E-state index in [4.69, 9.17) is 5.26 Å². The van der Waals surface area contributed by atoms with Crippen molar-refractivity contribution in [3.63, 3.8) is 0 Å². The Morgan fingerprint density at radius 2 is 2.44 bits per heavy atom. The summed E-state index contributed by atoms with van der Waals surface area (Å²) in [5, 5.41) is 13.8. The predicted octanol–water partition coefficient (Wildman–Crippen LogP) is 1.67. The Morgan fingerprint density at radius 3 is 3.11 bits per heavy atom. The molecule has 0 radical (unpaired) electrons. The number of anilines is 1. The van der Waals surface area contributed by atoms with Crippen molar-refractivity contribution in [1.29, 1.82) is 5.26 Å². The van der Waals surface area contributed by atoms with Crippen LogP contribution in [-0.2, 0) is 6.42 Å². The van der Waals surface area contributed by atoms with Crippen LogP contribution in [0.2, 0.25) is 0 Å². The average molecular weight is 260 g/mol. The average Bonchev–Trinajstić information content (AvgIpc) is 2.74. The third-order valence-corrected chi connectivity index (χ3v) is 3.57. The molecule has 0 atom stereocenters. The van der Waals surface area contributed by atoms with E-state index in [1.165, 1.54) is 16.5 Å². The van der Waals surface area contributed by atoms with E-state index in [1.807, 2.05) is 6.07 Å². The molecule has 0 fully saturated rings. The molecule has 2 aromatic heterocycles. The van der Waals surface area contributed by atoms with Crippen molar-refractivity contribution in [3.05, 3.63) is 44.1 Å². The topological polar surface area (TPSA) is 81.6 Å². The van der Waals surface area contributed by atoms with E-state index < -0.39 is 5.69 Å². The minimum Gasteiger partial charge on any atom is -0.369 e. The molecule has 0 saturated heterocycles. The van der Waals surface area contributed by atoms with Crippen molar-refractivity contribution in [2.45, 2.75) is 13.3 Å². The van der Waals surface area contributed by atoms with E-state index in [-0.39, 0.29) is 5.69 Å². The number of nitriles is 1. The number of rotatable bonds is 4. The Bertz CT molecular complexity index is 638. The van der Waals surface area contributed by atoms with E-state index in [0.717, 1.165) is 6.42 Å². The minimum atomic E-state index is -0.510. The summed E-state index contributed by atoms with van der Waals surface area (Å²) in [5.74, 6) is 0.435. The van der Waals surface area contributed by atoms with Crippen LogP contribution in [-0.4, -0.2) is 16.5 Å². The monoisotopic (exact) mass is 260 g/mol. The lowest BCUT2D eigenvalue weighted by Crippen LogP contribution is -2.16. The second-order valence-electron chi connectivity index (χ2n) is 3.80. The van der Waals surface area contributed by atoms with E-state index in [1.54, 1.807) is 11.3 Å². The molecule has 0 aliphatic heterocycles. The van der Waals surface area contributed by atoms with Crippen molar-refractivity contribution in [1.82, 2.24) is 9.97 Å². The summed E-state index contributed by atoms with van der Waals surface area (Å²) in [5.41, 5.74) is 0.979. The number of aromatic nitrogens is 2. The lowest BCUT2D eigenvalue weighted by molar-refractivity contribution is 0.988. The van der Waals surface area contributed by atoms with Gasteiger partial charge in [-0.05, 0) is 30.4 Å². The molecule has 0 aliphatic rings. The number of aromatic amines is 1. The second kappa shape index (κ2) is 5.47. The number of nitrogens with zero attached hydrogens (tertiary/aromatic N) is 2. The summed E-state index contributed by atoms with van der Waals surface area (Å²) in [4.78, 5) is 18.6. The molecule has 0 aliphatic carbocycles. The van der Waals surface area contributed by atoms with Crippen molar-refractivity contribution in [3.8, 4) is 6.07 Å². The molecule has 0 spiro atoms. The molecular formula is C12H12N4OS. The minimum absolute atomic E-state index is 0.213. The third-order valence-electron chi connectivity index (χ3n) is 2.49. The number of H-pyrrole nitrogens is 1. The molecule has 0 unspecified atom stereocenters. The second-order valence-corrected chi connectivity index (χ2v) is 4.80. The number of hydrogen-bond acceptors (Lipinski definition) is 5. The number of hydrogen-bond donors (Lipinski definition) is 2. The first kappa shape index (κ1) is 12.3. The third kappa shape index (κ3) is 2.96. The fraction of sp³-hybridized carbons (Fsp3) is 0.250. The molecule has 0 aromatic carbocycles. The lowest BCUT2D eigenvalue weighted by atomic mass is 10.2. The SMILES string of the molecule is Cc1ccsc1CCNc1cc(C#N)[nH]c(=O)n1. The molecule has 6 heteroatoms. The maximum atomic E-state index is 11.2. The highest BCUT2D eigenvalue weighted by Crippen LogP contribution is 2.16. The van der Waals surface area contributed by atoms with Gasteiger partial charge < -0.3 is 5.32 Å². The van der Waals surface area contributed by atoms with Crippen LogP contribution in [0.4, 0.5) is 5.82 Å². The largest absolute Gasteiger partial charge is 0.369 e. The van der Waals surface area contributed by atoms with Crippen LogP contribution in [0, 0.1) is 18.3 Å². The Balaban J connectivity index is 1.99. The molecule has 0 amide bonds. The van der Waals surface area contributed by atoms with Crippen molar-refractivity contribution in [2.75, 3.05) is 11.9 Å². The van der Waals surface area contributed by atoms with Crippen LogP contribution >= 0.6 is 11.3 Å². The molecule has 18 heavy (non-hydrogen) atoms. The van der Waals surface area contributed by atoms with Gasteiger partial charge in [-0.2, -0.15) is 10.2 Å². The molecule has 2 N–H and O–H groups in total. The maximum Gasteiger partial charge on any atom is 0.347 e. The smallest absolute Gasteiger partial charge is 0.347 e. The molecule has 5 nitrogen and oxygen atoms in total. The van der Waals surface area contributed by atoms with E-state index in [0.29, 0.717) is 12.4 Å². The molecule has 2 heterocycles. The van der Waals surface area contributed by atoms with Gasteiger partial charge in [-0.15, -0.1) is 11.3 Å². The highest BCUT2D eigenvalue weighted by atomic mass is 32.1. The summed E-state index contributed by atoms with van der Waals surface area (Å²) in [6, 6.07) is 5.50. The number of aryl methyl sites for hydroxylation is 1. The van der Waals surface area contributed by atoms with Gasteiger partial charge in [-0.1, -0.05) is 0 Å². The Kier molecular flexibility index (Phi) is 3.75. The Hall–Kier alpha value is -2.13. The van der Waals surface area contributed by atoms with Crippen LogP contribution in [0.5, 0.6) is 0 Å². The first-order valence-corrected chi connectivity index (χ1v) is 6.35. The fourth-order valence-corrected chi connectivity index (χ4v) is 2.48. The molecular weight excluding hydrogens is 248 g/mol. The van der Waals surface area contributed by atoms with Crippen LogP contribution in [0.3, 0.4) is 0 Å². The standard InChI is InChI=1S/C12H12N4OS/c1-8-3-5-18-10(8)2-4-14-11-6-9(7-13)15-12(17)16-11/h3,5-6H,2,4H2,1H3,(H2,14,15,16,17). The molecule has 0 saturated carbocycles. The van der Waals surface area contributed by atoms with Gasteiger partial charge in [0.2, 0.25) is 0 Å². The lowest BCUT2D eigenvalue weighted by Gasteiger charge is -2.04. The molecule has 92 valence electrons. The van der Waals surface area contributed by atoms with Gasteiger partial charge >= 0.3 is 5.69 Å². The van der Waals surface area contributed by atoms with E-state index in [2.05, 4.69) is 33.7 Å². The van der Waals surface area contributed by atoms with Gasteiger partial charge in [0.15, 0.2) is 0 Å². The zero-order chi connectivity index (χ0) is 13.0. The van der Waals surface area contributed by atoms with E-state index in [9.17, 15) is 4.79 Å². The highest BCUT2D eigenvalue weighted by Gasteiger charge is 2.02. The number of nitrogens with one attached hydrogen (secondary N) is 2. The van der Waals surface area contributed by atoms with Gasteiger partial charge in [-0.25, -0.2) is 4.79 Å².